The van der Waals surface area contributed by atoms with Gasteiger partial charge in [-0.05, 0) is 48.5 Å². The molecule has 0 saturated carbocycles. The number of carbonyl (C=O) groups excluding carboxylic acids is 5. The van der Waals surface area contributed by atoms with E-state index in [0.717, 1.165) is 11.8 Å². The third-order valence-corrected chi connectivity index (χ3v) is 6.06. The Balaban J connectivity index is 1.39. The molecule has 3 rings (SSSR count). The summed E-state index contributed by atoms with van der Waals surface area (Å²) in [5.41, 5.74) is 0.918. The number of aromatic amines is 1. The van der Waals surface area contributed by atoms with Crippen LogP contribution >= 0.6 is 11.8 Å². The highest BCUT2D eigenvalue weighted by atomic mass is 32.2. The maximum absolute atomic E-state index is 12.3. The van der Waals surface area contributed by atoms with E-state index in [9.17, 15) is 28.8 Å². The van der Waals surface area contributed by atoms with E-state index >= 15 is 0 Å². The van der Waals surface area contributed by atoms with E-state index in [-0.39, 0.29) is 35.4 Å². The standard InChI is InChI=1S/C26H25N5O9S/c1-38-24(36)15-3-7-17(8-4-15)27-20(32)13-40-22(34)12-11-19-23(35)29-26(31-30-19)41-14-21(33)28-18-9-5-16(6-10-18)25(37)39-2/h3-10H,11-14H2,1-2H3,(H,27,32)(H,28,33)(H,29,31,35). The monoisotopic (exact) mass is 583 g/mol. The lowest BCUT2D eigenvalue weighted by atomic mass is 10.2. The van der Waals surface area contributed by atoms with Crippen LogP contribution in [0.25, 0.3) is 0 Å². The molecule has 3 N–H and O–H groups in total. The Morgan fingerprint density at radius 3 is 1.85 bits per heavy atom. The number of ether oxygens (including phenoxy) is 3. The van der Waals surface area contributed by atoms with Gasteiger partial charge in [-0.1, -0.05) is 11.8 Å². The normalized spacial score (nSPS) is 10.3. The molecule has 0 bridgehead atoms. The summed E-state index contributed by atoms with van der Waals surface area (Å²) in [4.78, 5) is 73.9. The number of amides is 2. The molecule has 0 unspecified atom stereocenters. The van der Waals surface area contributed by atoms with Gasteiger partial charge < -0.3 is 24.8 Å². The molecule has 214 valence electrons. The second-order valence-electron chi connectivity index (χ2n) is 8.09. The van der Waals surface area contributed by atoms with E-state index in [4.69, 9.17) is 4.74 Å². The molecule has 0 fully saturated rings. The summed E-state index contributed by atoms with van der Waals surface area (Å²) in [6.07, 6.45) is -0.298. The first kappa shape index (κ1) is 30.5. The van der Waals surface area contributed by atoms with E-state index < -0.39 is 36.0 Å². The molecule has 0 saturated heterocycles. The first-order chi connectivity index (χ1) is 19.7. The van der Waals surface area contributed by atoms with Crippen molar-refractivity contribution in [3.63, 3.8) is 0 Å². The number of H-pyrrole nitrogens is 1. The van der Waals surface area contributed by atoms with E-state index in [1.54, 1.807) is 12.1 Å². The Kier molecular flexibility index (Phi) is 11.1. The first-order valence-corrected chi connectivity index (χ1v) is 12.9. The van der Waals surface area contributed by atoms with Gasteiger partial charge in [-0.15, -0.1) is 10.2 Å². The third-order valence-electron chi connectivity index (χ3n) is 5.19. The van der Waals surface area contributed by atoms with Gasteiger partial charge in [-0.2, -0.15) is 0 Å². The molecule has 1 aromatic heterocycles. The minimum absolute atomic E-state index is 0.0170. The van der Waals surface area contributed by atoms with Gasteiger partial charge in [0.15, 0.2) is 11.8 Å². The summed E-state index contributed by atoms with van der Waals surface area (Å²) in [6, 6.07) is 12.1. The second kappa shape index (κ2) is 14.9. The Morgan fingerprint density at radius 1 is 0.805 bits per heavy atom. The number of anilines is 2. The van der Waals surface area contributed by atoms with Crippen molar-refractivity contribution in [2.24, 2.45) is 0 Å². The van der Waals surface area contributed by atoms with Crippen LogP contribution in [-0.4, -0.2) is 71.5 Å². The number of rotatable bonds is 12. The molecule has 0 spiro atoms. The van der Waals surface area contributed by atoms with Crippen molar-refractivity contribution in [3.05, 3.63) is 75.7 Å². The molecule has 41 heavy (non-hydrogen) atoms. The molecular weight excluding hydrogens is 558 g/mol. The highest BCUT2D eigenvalue weighted by Crippen LogP contribution is 2.14. The summed E-state index contributed by atoms with van der Waals surface area (Å²) < 4.78 is 14.1. The van der Waals surface area contributed by atoms with Crippen molar-refractivity contribution in [3.8, 4) is 0 Å². The molecule has 2 aromatic carbocycles. The Morgan fingerprint density at radius 2 is 1.34 bits per heavy atom. The summed E-state index contributed by atoms with van der Waals surface area (Å²) >= 11 is 0.948. The van der Waals surface area contributed by atoms with Crippen molar-refractivity contribution >= 4 is 52.9 Å². The van der Waals surface area contributed by atoms with E-state index in [1.165, 1.54) is 50.6 Å². The van der Waals surface area contributed by atoms with Crippen LogP contribution < -0.4 is 16.2 Å². The van der Waals surface area contributed by atoms with E-state index in [1.807, 2.05) is 0 Å². The van der Waals surface area contributed by atoms with Gasteiger partial charge in [0.25, 0.3) is 11.5 Å². The van der Waals surface area contributed by atoms with Crippen molar-refractivity contribution in [2.75, 3.05) is 37.2 Å². The molecule has 0 radical (unpaired) electrons. The smallest absolute Gasteiger partial charge is 0.337 e. The summed E-state index contributed by atoms with van der Waals surface area (Å²) in [7, 11) is 2.53. The Bertz CT molecular complexity index is 1470. The summed E-state index contributed by atoms with van der Waals surface area (Å²) in [6.45, 7) is -0.549. The number of thioether (sulfide) groups is 1. The zero-order valence-electron chi connectivity index (χ0n) is 21.9. The van der Waals surface area contributed by atoms with Crippen LogP contribution in [0.1, 0.15) is 32.8 Å². The number of aromatic nitrogens is 3. The fraction of sp³-hybridized carbons (Fsp3) is 0.231. The van der Waals surface area contributed by atoms with Crippen LogP contribution in [0.4, 0.5) is 11.4 Å². The highest BCUT2D eigenvalue weighted by Gasteiger charge is 2.13. The average Bonchev–Trinajstić information content (AvgIpc) is 2.98. The van der Waals surface area contributed by atoms with Crippen molar-refractivity contribution in [1.29, 1.82) is 0 Å². The van der Waals surface area contributed by atoms with E-state index in [0.29, 0.717) is 22.5 Å². The molecular formula is C26H25N5O9S. The van der Waals surface area contributed by atoms with Gasteiger partial charge >= 0.3 is 17.9 Å². The number of carbonyl (C=O) groups is 5. The van der Waals surface area contributed by atoms with Crippen LogP contribution in [0.3, 0.4) is 0 Å². The number of hydrogen-bond donors (Lipinski definition) is 3. The lowest BCUT2D eigenvalue weighted by molar-refractivity contribution is -0.147. The fourth-order valence-corrected chi connectivity index (χ4v) is 3.76. The fourth-order valence-electron chi connectivity index (χ4n) is 3.16. The number of aryl methyl sites for hydroxylation is 1. The number of methoxy groups -OCH3 is 2. The molecule has 2 amide bonds. The summed E-state index contributed by atoms with van der Waals surface area (Å²) in [5.74, 6) is -2.78. The van der Waals surface area contributed by atoms with Crippen LogP contribution in [-0.2, 0) is 35.0 Å². The van der Waals surface area contributed by atoms with Crippen LogP contribution in [0.15, 0.2) is 58.5 Å². The van der Waals surface area contributed by atoms with E-state index in [2.05, 4.69) is 35.3 Å². The lowest BCUT2D eigenvalue weighted by Gasteiger charge is -2.07. The first-order valence-electron chi connectivity index (χ1n) is 11.9. The Hall–Kier alpha value is -5.05. The SMILES string of the molecule is COC(=O)c1ccc(NC(=O)COC(=O)CCc2nnc(SCC(=O)Nc3ccc(C(=O)OC)cc3)[nH]c2=O)cc1. The summed E-state index contributed by atoms with van der Waals surface area (Å²) in [5, 5.41) is 12.9. The van der Waals surface area contributed by atoms with Crippen molar-refractivity contribution in [1.82, 2.24) is 15.2 Å². The molecule has 14 nitrogen and oxygen atoms in total. The van der Waals surface area contributed by atoms with Gasteiger partial charge in [-0.25, -0.2) is 9.59 Å². The molecule has 0 aliphatic heterocycles. The average molecular weight is 584 g/mol. The topological polar surface area (TPSA) is 196 Å². The molecule has 15 heteroatoms. The molecule has 1 heterocycles. The van der Waals surface area contributed by atoms with Gasteiger partial charge in [0, 0.05) is 17.8 Å². The number of esters is 3. The minimum Gasteiger partial charge on any atom is -0.465 e. The largest absolute Gasteiger partial charge is 0.465 e. The lowest BCUT2D eigenvalue weighted by Crippen LogP contribution is -2.22. The minimum atomic E-state index is -0.725. The van der Waals surface area contributed by atoms with Gasteiger partial charge in [0.2, 0.25) is 5.91 Å². The molecule has 0 atom stereocenters. The van der Waals surface area contributed by atoms with Crippen LogP contribution in [0, 0.1) is 0 Å². The molecule has 0 aliphatic carbocycles. The second-order valence-corrected chi connectivity index (χ2v) is 9.05. The van der Waals surface area contributed by atoms with Crippen molar-refractivity contribution in [2.45, 2.75) is 18.0 Å². The number of nitrogens with zero attached hydrogens (tertiary/aromatic N) is 2. The maximum atomic E-state index is 12.3. The van der Waals surface area contributed by atoms with Crippen LogP contribution in [0.5, 0.6) is 0 Å². The Labute approximate surface area is 237 Å². The molecule has 3 aromatic rings. The maximum Gasteiger partial charge on any atom is 0.337 e. The quantitative estimate of drug-likeness (QED) is 0.158. The number of hydrogen-bond acceptors (Lipinski definition) is 12. The van der Waals surface area contributed by atoms with Gasteiger partial charge in [0.1, 0.15) is 5.69 Å². The zero-order valence-corrected chi connectivity index (χ0v) is 22.7. The zero-order chi connectivity index (χ0) is 29.8. The van der Waals surface area contributed by atoms with Crippen molar-refractivity contribution < 1.29 is 38.2 Å². The van der Waals surface area contributed by atoms with Gasteiger partial charge in [0.05, 0.1) is 37.5 Å². The number of benzene rings is 2. The highest BCUT2D eigenvalue weighted by molar-refractivity contribution is 7.99. The molecule has 0 aliphatic rings. The number of nitrogens with one attached hydrogen (secondary N) is 3. The predicted molar refractivity (Wildman–Crippen MR) is 145 cm³/mol. The van der Waals surface area contributed by atoms with Crippen LogP contribution in [0.2, 0.25) is 0 Å². The predicted octanol–water partition coefficient (Wildman–Crippen LogP) is 1.58. The third kappa shape index (κ3) is 9.58. The van der Waals surface area contributed by atoms with Gasteiger partial charge in [-0.3, -0.25) is 24.2 Å².